The average molecular weight is 350 g/mol. The van der Waals surface area contributed by atoms with Gasteiger partial charge >= 0.3 is 0 Å². The first-order chi connectivity index (χ1) is 12.6. The van der Waals surface area contributed by atoms with Gasteiger partial charge in [-0.05, 0) is 47.4 Å². The van der Waals surface area contributed by atoms with Crippen LogP contribution in [0.1, 0.15) is 30.9 Å². The molecular weight excluding hydrogens is 328 g/mol. The van der Waals surface area contributed by atoms with Gasteiger partial charge in [-0.3, -0.25) is 9.78 Å². The van der Waals surface area contributed by atoms with E-state index in [0.717, 1.165) is 16.9 Å². The number of furan rings is 1. The number of hydrogen-bond donors (Lipinski definition) is 1. The van der Waals surface area contributed by atoms with Crippen molar-refractivity contribution in [3.05, 3.63) is 72.2 Å². The molecule has 0 spiro atoms. The van der Waals surface area contributed by atoms with Crippen molar-refractivity contribution in [2.24, 2.45) is 0 Å². The molecule has 5 heteroatoms. The monoisotopic (exact) mass is 350 g/mol. The number of pyridine rings is 1. The van der Waals surface area contributed by atoms with Crippen molar-refractivity contribution in [1.82, 2.24) is 10.3 Å². The Morgan fingerprint density at radius 3 is 2.69 bits per heavy atom. The Kier molecular flexibility index (Phi) is 5.69. The van der Waals surface area contributed by atoms with Crippen LogP contribution in [0.2, 0.25) is 0 Å². The number of nitrogens with zero attached hydrogens (tertiary/aromatic N) is 1. The molecule has 2 heterocycles. The molecule has 1 N–H and O–H groups in total. The van der Waals surface area contributed by atoms with E-state index in [1.54, 1.807) is 18.7 Å². The molecule has 0 aliphatic carbocycles. The summed E-state index contributed by atoms with van der Waals surface area (Å²) in [6.07, 6.45) is 5.07. The van der Waals surface area contributed by atoms with Gasteiger partial charge in [0.1, 0.15) is 11.5 Å². The largest absolute Gasteiger partial charge is 0.484 e. The van der Waals surface area contributed by atoms with Gasteiger partial charge in [0.15, 0.2) is 6.61 Å². The van der Waals surface area contributed by atoms with Crippen LogP contribution in [0.4, 0.5) is 0 Å². The van der Waals surface area contributed by atoms with Crippen LogP contribution in [0, 0.1) is 0 Å². The molecule has 0 bridgehead atoms. The first-order valence-electron chi connectivity index (χ1n) is 8.59. The molecule has 26 heavy (non-hydrogen) atoms. The lowest BCUT2D eigenvalue weighted by molar-refractivity contribution is -0.123. The maximum absolute atomic E-state index is 12.0. The minimum atomic E-state index is -0.179. The molecule has 0 fully saturated rings. The van der Waals surface area contributed by atoms with Gasteiger partial charge in [-0.15, -0.1) is 0 Å². The second-order valence-corrected chi connectivity index (χ2v) is 6.35. The molecule has 2 aromatic heterocycles. The Morgan fingerprint density at radius 2 is 2.00 bits per heavy atom. The predicted molar refractivity (Wildman–Crippen MR) is 99.8 cm³/mol. The van der Waals surface area contributed by atoms with Crippen molar-refractivity contribution in [2.75, 3.05) is 6.61 Å². The standard InChI is InChI=1S/C21H22N2O3/c1-15(2)17-5-7-19(8-6-17)26-14-21(24)23-12-16-10-18(13-22-11-16)20-4-3-9-25-20/h3-11,13,15H,12,14H2,1-2H3,(H,23,24). The molecule has 0 radical (unpaired) electrons. The van der Waals surface area contributed by atoms with Gasteiger partial charge in [-0.2, -0.15) is 0 Å². The third kappa shape index (κ3) is 4.72. The van der Waals surface area contributed by atoms with Crippen LogP contribution in [-0.4, -0.2) is 17.5 Å². The fourth-order valence-electron chi connectivity index (χ4n) is 2.51. The molecular formula is C21H22N2O3. The predicted octanol–water partition coefficient (Wildman–Crippen LogP) is 4.16. The number of aromatic nitrogens is 1. The number of carbonyl (C=O) groups is 1. The highest BCUT2D eigenvalue weighted by Gasteiger charge is 2.06. The van der Waals surface area contributed by atoms with Crippen LogP contribution in [0.25, 0.3) is 11.3 Å². The minimum absolute atomic E-state index is 0.0215. The van der Waals surface area contributed by atoms with E-state index in [2.05, 4.69) is 24.1 Å². The Morgan fingerprint density at radius 1 is 1.19 bits per heavy atom. The molecule has 0 saturated carbocycles. The molecule has 5 nitrogen and oxygen atoms in total. The summed E-state index contributed by atoms with van der Waals surface area (Å²) in [4.78, 5) is 16.2. The topological polar surface area (TPSA) is 64.4 Å². The number of amides is 1. The van der Waals surface area contributed by atoms with Crippen LogP contribution in [0.15, 0.2) is 65.5 Å². The highest BCUT2D eigenvalue weighted by atomic mass is 16.5. The van der Waals surface area contributed by atoms with Crippen molar-refractivity contribution >= 4 is 5.91 Å². The van der Waals surface area contributed by atoms with E-state index in [1.165, 1.54) is 5.56 Å². The molecule has 0 aliphatic heterocycles. The first kappa shape index (κ1) is 17.7. The summed E-state index contributed by atoms with van der Waals surface area (Å²) in [7, 11) is 0. The van der Waals surface area contributed by atoms with Gasteiger partial charge in [0.05, 0.1) is 6.26 Å². The van der Waals surface area contributed by atoms with E-state index in [9.17, 15) is 4.79 Å². The summed E-state index contributed by atoms with van der Waals surface area (Å²) in [5.41, 5.74) is 3.02. The minimum Gasteiger partial charge on any atom is -0.484 e. The van der Waals surface area contributed by atoms with E-state index < -0.39 is 0 Å². The zero-order chi connectivity index (χ0) is 18.4. The molecule has 0 atom stereocenters. The van der Waals surface area contributed by atoms with Crippen LogP contribution in [0.3, 0.4) is 0 Å². The summed E-state index contributed by atoms with van der Waals surface area (Å²) in [6.45, 7) is 4.64. The quantitative estimate of drug-likeness (QED) is 0.695. The lowest BCUT2D eigenvalue weighted by atomic mass is 10.0. The van der Waals surface area contributed by atoms with Crippen molar-refractivity contribution in [2.45, 2.75) is 26.3 Å². The lowest BCUT2D eigenvalue weighted by Gasteiger charge is -2.09. The number of ether oxygens (including phenoxy) is 1. The van der Waals surface area contributed by atoms with Crippen molar-refractivity contribution < 1.29 is 13.9 Å². The van der Waals surface area contributed by atoms with Gasteiger partial charge in [-0.25, -0.2) is 0 Å². The van der Waals surface area contributed by atoms with E-state index in [4.69, 9.17) is 9.15 Å². The first-order valence-corrected chi connectivity index (χ1v) is 8.59. The molecule has 3 aromatic rings. The van der Waals surface area contributed by atoms with E-state index in [0.29, 0.717) is 18.2 Å². The van der Waals surface area contributed by atoms with E-state index >= 15 is 0 Å². The highest BCUT2D eigenvalue weighted by molar-refractivity contribution is 5.77. The second kappa shape index (κ2) is 8.34. The van der Waals surface area contributed by atoms with Crippen LogP contribution < -0.4 is 10.1 Å². The third-order valence-electron chi connectivity index (χ3n) is 4.01. The van der Waals surface area contributed by atoms with Crippen molar-refractivity contribution in [1.29, 1.82) is 0 Å². The lowest BCUT2D eigenvalue weighted by Crippen LogP contribution is -2.28. The summed E-state index contributed by atoms with van der Waals surface area (Å²) >= 11 is 0. The smallest absolute Gasteiger partial charge is 0.258 e. The molecule has 134 valence electrons. The second-order valence-electron chi connectivity index (χ2n) is 6.35. The Balaban J connectivity index is 1.49. The number of nitrogens with one attached hydrogen (secondary N) is 1. The fourth-order valence-corrected chi connectivity index (χ4v) is 2.51. The van der Waals surface area contributed by atoms with Crippen LogP contribution >= 0.6 is 0 Å². The number of benzene rings is 1. The number of rotatable bonds is 7. The summed E-state index contributed by atoms with van der Waals surface area (Å²) < 4.78 is 10.9. The average Bonchev–Trinajstić information content (AvgIpc) is 3.20. The van der Waals surface area contributed by atoms with Gasteiger partial charge in [-0.1, -0.05) is 26.0 Å². The zero-order valence-electron chi connectivity index (χ0n) is 14.9. The number of hydrogen-bond acceptors (Lipinski definition) is 4. The van der Waals surface area contributed by atoms with Gasteiger partial charge in [0, 0.05) is 24.5 Å². The Bertz CT molecular complexity index is 840. The molecule has 0 unspecified atom stereocenters. The van der Waals surface area contributed by atoms with Crippen LogP contribution in [0.5, 0.6) is 5.75 Å². The summed E-state index contributed by atoms with van der Waals surface area (Å²) in [5.74, 6) is 1.73. The zero-order valence-corrected chi connectivity index (χ0v) is 14.9. The fraction of sp³-hybridized carbons (Fsp3) is 0.238. The SMILES string of the molecule is CC(C)c1ccc(OCC(=O)NCc2cncc(-c3ccco3)c2)cc1. The molecule has 1 aromatic carbocycles. The van der Waals surface area contributed by atoms with E-state index in [1.807, 2.05) is 42.5 Å². The summed E-state index contributed by atoms with van der Waals surface area (Å²) in [6, 6.07) is 13.5. The van der Waals surface area contributed by atoms with E-state index in [-0.39, 0.29) is 12.5 Å². The molecule has 3 rings (SSSR count). The van der Waals surface area contributed by atoms with Gasteiger partial charge in [0.25, 0.3) is 5.91 Å². The molecule has 0 saturated heterocycles. The van der Waals surface area contributed by atoms with Crippen molar-refractivity contribution in [3.8, 4) is 17.1 Å². The maximum Gasteiger partial charge on any atom is 0.258 e. The molecule has 1 amide bonds. The van der Waals surface area contributed by atoms with Gasteiger partial charge in [0.2, 0.25) is 0 Å². The number of carbonyl (C=O) groups excluding carboxylic acids is 1. The summed E-state index contributed by atoms with van der Waals surface area (Å²) in [5, 5.41) is 2.84. The Hall–Kier alpha value is -3.08. The maximum atomic E-state index is 12.0. The third-order valence-corrected chi connectivity index (χ3v) is 4.01. The molecule has 0 aliphatic rings. The van der Waals surface area contributed by atoms with Crippen molar-refractivity contribution in [3.63, 3.8) is 0 Å². The van der Waals surface area contributed by atoms with Crippen LogP contribution in [-0.2, 0) is 11.3 Å². The highest BCUT2D eigenvalue weighted by Crippen LogP contribution is 2.20. The van der Waals surface area contributed by atoms with Gasteiger partial charge < -0.3 is 14.5 Å². The Labute approximate surface area is 153 Å². The normalized spacial score (nSPS) is 10.7.